The van der Waals surface area contributed by atoms with Crippen LogP contribution in [0.15, 0.2) is 12.1 Å². The molecule has 0 spiro atoms. The zero-order valence-corrected chi connectivity index (χ0v) is 9.92. The molecule has 3 nitrogen and oxygen atoms in total. The molecule has 1 fully saturated rings. The average molecular weight is 221 g/mol. The van der Waals surface area contributed by atoms with Crippen LogP contribution in [0.4, 0.5) is 0 Å². The predicted molar refractivity (Wildman–Crippen MR) is 63.7 cm³/mol. The molecule has 88 valence electrons. The van der Waals surface area contributed by atoms with E-state index in [0.717, 1.165) is 36.8 Å². The summed E-state index contributed by atoms with van der Waals surface area (Å²) in [4.78, 5) is 0. The number of phenolic OH excluding ortho intramolecular Hbond substituents is 1. The summed E-state index contributed by atoms with van der Waals surface area (Å²) >= 11 is 0. The first kappa shape index (κ1) is 11.3. The van der Waals surface area contributed by atoms with Crippen LogP contribution >= 0.6 is 0 Å². The average Bonchev–Trinajstić information content (AvgIpc) is 2.66. The number of methoxy groups -OCH3 is 1. The van der Waals surface area contributed by atoms with Crippen LogP contribution in [0.5, 0.6) is 11.5 Å². The van der Waals surface area contributed by atoms with Crippen molar-refractivity contribution in [3.8, 4) is 11.5 Å². The molecule has 16 heavy (non-hydrogen) atoms. The third-order valence-corrected chi connectivity index (χ3v) is 3.56. The van der Waals surface area contributed by atoms with Crippen molar-refractivity contribution in [3.05, 3.63) is 23.3 Å². The summed E-state index contributed by atoms with van der Waals surface area (Å²) in [5.41, 5.74) is 7.73. The van der Waals surface area contributed by atoms with Crippen LogP contribution in [0, 0.1) is 6.92 Å². The highest BCUT2D eigenvalue weighted by atomic mass is 16.5. The van der Waals surface area contributed by atoms with E-state index >= 15 is 0 Å². The van der Waals surface area contributed by atoms with Crippen LogP contribution in [0.3, 0.4) is 0 Å². The SMILES string of the molecule is COc1c(C)ccc(C2(N)CCCC2)c1O. The molecule has 1 aromatic carbocycles. The summed E-state index contributed by atoms with van der Waals surface area (Å²) in [7, 11) is 1.57. The maximum atomic E-state index is 10.2. The van der Waals surface area contributed by atoms with E-state index in [9.17, 15) is 5.11 Å². The van der Waals surface area contributed by atoms with E-state index in [2.05, 4.69) is 0 Å². The van der Waals surface area contributed by atoms with Crippen LogP contribution < -0.4 is 10.5 Å². The van der Waals surface area contributed by atoms with Crippen molar-refractivity contribution < 1.29 is 9.84 Å². The maximum absolute atomic E-state index is 10.2. The van der Waals surface area contributed by atoms with Crippen molar-refractivity contribution in [2.24, 2.45) is 5.73 Å². The second-order valence-corrected chi connectivity index (χ2v) is 4.68. The van der Waals surface area contributed by atoms with Gasteiger partial charge in [0.1, 0.15) is 0 Å². The van der Waals surface area contributed by atoms with Gasteiger partial charge < -0.3 is 15.6 Å². The number of nitrogens with two attached hydrogens (primary N) is 1. The summed E-state index contributed by atoms with van der Waals surface area (Å²) in [6.45, 7) is 1.92. The van der Waals surface area contributed by atoms with E-state index in [1.807, 2.05) is 19.1 Å². The molecule has 0 bridgehead atoms. The Morgan fingerprint density at radius 2 is 1.94 bits per heavy atom. The van der Waals surface area contributed by atoms with Crippen LogP contribution in [0.1, 0.15) is 36.8 Å². The van der Waals surface area contributed by atoms with Crippen molar-refractivity contribution in [2.75, 3.05) is 7.11 Å². The van der Waals surface area contributed by atoms with Crippen molar-refractivity contribution in [1.82, 2.24) is 0 Å². The fourth-order valence-electron chi connectivity index (χ4n) is 2.61. The second kappa shape index (κ2) is 3.98. The molecule has 1 aliphatic carbocycles. The normalized spacial score (nSPS) is 18.7. The molecule has 0 unspecified atom stereocenters. The van der Waals surface area contributed by atoms with Gasteiger partial charge in [-0.25, -0.2) is 0 Å². The van der Waals surface area contributed by atoms with Gasteiger partial charge in [0.25, 0.3) is 0 Å². The van der Waals surface area contributed by atoms with Crippen molar-refractivity contribution >= 4 is 0 Å². The molecule has 0 aromatic heterocycles. The monoisotopic (exact) mass is 221 g/mol. The number of hydrogen-bond acceptors (Lipinski definition) is 3. The summed E-state index contributed by atoms with van der Waals surface area (Å²) < 4.78 is 5.22. The van der Waals surface area contributed by atoms with E-state index in [-0.39, 0.29) is 11.3 Å². The number of benzene rings is 1. The Balaban J connectivity index is 2.49. The van der Waals surface area contributed by atoms with Gasteiger partial charge in [-0.2, -0.15) is 0 Å². The van der Waals surface area contributed by atoms with Gasteiger partial charge in [0.15, 0.2) is 11.5 Å². The minimum absolute atomic E-state index is 0.215. The van der Waals surface area contributed by atoms with E-state index in [1.165, 1.54) is 0 Å². The molecule has 1 saturated carbocycles. The van der Waals surface area contributed by atoms with Gasteiger partial charge in [0, 0.05) is 11.1 Å². The molecule has 0 saturated heterocycles. The number of aryl methyl sites for hydroxylation is 1. The zero-order valence-electron chi connectivity index (χ0n) is 9.92. The minimum atomic E-state index is -0.370. The number of hydrogen-bond donors (Lipinski definition) is 2. The summed E-state index contributed by atoms with van der Waals surface area (Å²) in [5, 5.41) is 10.2. The Bertz CT molecular complexity index is 395. The molecular formula is C13H19NO2. The number of rotatable bonds is 2. The minimum Gasteiger partial charge on any atom is -0.504 e. The molecule has 0 radical (unpaired) electrons. The van der Waals surface area contributed by atoms with E-state index < -0.39 is 0 Å². The Morgan fingerprint density at radius 3 is 2.50 bits per heavy atom. The summed E-state index contributed by atoms with van der Waals surface area (Å²) in [5.74, 6) is 0.765. The molecule has 3 N–H and O–H groups in total. The molecule has 0 aliphatic heterocycles. The van der Waals surface area contributed by atoms with Gasteiger partial charge in [-0.3, -0.25) is 0 Å². The highest BCUT2D eigenvalue weighted by Crippen LogP contribution is 2.44. The van der Waals surface area contributed by atoms with Crippen LogP contribution in [-0.2, 0) is 5.54 Å². The lowest BCUT2D eigenvalue weighted by Crippen LogP contribution is -2.33. The predicted octanol–water partition coefficient (Wildman–Crippen LogP) is 2.44. The van der Waals surface area contributed by atoms with E-state index in [1.54, 1.807) is 7.11 Å². The molecule has 2 rings (SSSR count). The lowest BCUT2D eigenvalue weighted by Gasteiger charge is -2.26. The first-order valence-corrected chi connectivity index (χ1v) is 5.74. The van der Waals surface area contributed by atoms with Crippen LogP contribution in [0.2, 0.25) is 0 Å². The van der Waals surface area contributed by atoms with Gasteiger partial charge in [-0.1, -0.05) is 25.0 Å². The standard InChI is InChI=1S/C13H19NO2/c1-9-5-6-10(11(15)12(9)16-2)13(14)7-3-4-8-13/h5-6,15H,3-4,7-8,14H2,1-2H3. The lowest BCUT2D eigenvalue weighted by atomic mass is 9.88. The Labute approximate surface area is 96.2 Å². The first-order chi connectivity index (χ1) is 7.58. The topological polar surface area (TPSA) is 55.5 Å². The third-order valence-electron chi connectivity index (χ3n) is 3.56. The van der Waals surface area contributed by atoms with E-state index in [4.69, 9.17) is 10.5 Å². The van der Waals surface area contributed by atoms with Gasteiger partial charge in [0.2, 0.25) is 0 Å². The Hall–Kier alpha value is -1.22. The fraction of sp³-hybridized carbons (Fsp3) is 0.538. The van der Waals surface area contributed by atoms with Crippen LogP contribution in [0.25, 0.3) is 0 Å². The van der Waals surface area contributed by atoms with E-state index in [0.29, 0.717) is 5.75 Å². The van der Waals surface area contributed by atoms with Crippen molar-refractivity contribution in [1.29, 1.82) is 0 Å². The van der Waals surface area contributed by atoms with Gasteiger partial charge in [-0.05, 0) is 25.3 Å². The summed E-state index contributed by atoms with van der Waals surface area (Å²) in [6, 6.07) is 3.89. The number of ether oxygens (including phenoxy) is 1. The molecule has 0 heterocycles. The van der Waals surface area contributed by atoms with Gasteiger partial charge in [0.05, 0.1) is 7.11 Å². The molecule has 0 atom stereocenters. The van der Waals surface area contributed by atoms with Crippen molar-refractivity contribution in [2.45, 2.75) is 38.1 Å². The second-order valence-electron chi connectivity index (χ2n) is 4.68. The quantitative estimate of drug-likeness (QED) is 0.806. The molecule has 0 amide bonds. The lowest BCUT2D eigenvalue weighted by molar-refractivity contribution is 0.353. The summed E-state index contributed by atoms with van der Waals surface area (Å²) in [6.07, 6.45) is 4.14. The van der Waals surface area contributed by atoms with Crippen LogP contribution in [-0.4, -0.2) is 12.2 Å². The largest absolute Gasteiger partial charge is 0.504 e. The van der Waals surface area contributed by atoms with Gasteiger partial charge in [-0.15, -0.1) is 0 Å². The number of phenols is 1. The highest BCUT2D eigenvalue weighted by molar-refractivity contribution is 5.53. The molecule has 1 aliphatic rings. The molecule has 1 aromatic rings. The van der Waals surface area contributed by atoms with Gasteiger partial charge >= 0.3 is 0 Å². The fourth-order valence-corrected chi connectivity index (χ4v) is 2.61. The molecular weight excluding hydrogens is 202 g/mol. The Kier molecular flexibility index (Phi) is 2.80. The Morgan fingerprint density at radius 1 is 1.31 bits per heavy atom. The molecule has 3 heteroatoms. The smallest absolute Gasteiger partial charge is 0.163 e. The highest BCUT2D eigenvalue weighted by Gasteiger charge is 2.34. The third kappa shape index (κ3) is 1.65. The zero-order chi connectivity index (χ0) is 11.8. The number of aromatic hydroxyl groups is 1. The van der Waals surface area contributed by atoms with Crippen molar-refractivity contribution in [3.63, 3.8) is 0 Å². The first-order valence-electron chi connectivity index (χ1n) is 5.74. The maximum Gasteiger partial charge on any atom is 0.163 e.